The smallest absolute Gasteiger partial charge is 0.304 e. The molecule has 0 atom stereocenters. The molecule has 1 aromatic carbocycles. The van der Waals surface area contributed by atoms with Gasteiger partial charge in [-0.25, -0.2) is 4.39 Å². The number of para-hydroxylation sites is 1. The van der Waals surface area contributed by atoms with Gasteiger partial charge >= 0.3 is 5.97 Å². The molecule has 0 spiro atoms. The molecule has 0 amide bonds. The summed E-state index contributed by atoms with van der Waals surface area (Å²) in [6.07, 6.45) is 1.78. The Bertz CT molecular complexity index is 399. The van der Waals surface area contributed by atoms with E-state index >= 15 is 0 Å². The predicted molar refractivity (Wildman–Crippen MR) is 55.8 cm³/mol. The zero-order valence-corrected chi connectivity index (χ0v) is 8.78. The molecule has 86 valence electrons. The molecule has 2 rings (SSSR count). The van der Waals surface area contributed by atoms with Crippen LogP contribution in [-0.2, 0) is 4.79 Å². The first-order chi connectivity index (χ1) is 7.61. The molecule has 4 heteroatoms. The van der Waals surface area contributed by atoms with E-state index in [-0.39, 0.29) is 24.2 Å². The highest BCUT2D eigenvalue weighted by molar-refractivity contribution is 5.68. The molecule has 1 aliphatic carbocycles. The Morgan fingerprint density at radius 2 is 2.12 bits per heavy atom. The van der Waals surface area contributed by atoms with Gasteiger partial charge in [-0.1, -0.05) is 12.1 Å². The molecule has 1 fully saturated rings. The monoisotopic (exact) mass is 224 g/mol. The van der Waals surface area contributed by atoms with E-state index < -0.39 is 11.8 Å². The van der Waals surface area contributed by atoms with Crippen LogP contribution in [0.15, 0.2) is 24.3 Å². The highest BCUT2D eigenvalue weighted by Gasteiger charge is 2.45. The Hall–Kier alpha value is -1.58. The van der Waals surface area contributed by atoms with Gasteiger partial charge in [0.25, 0.3) is 0 Å². The van der Waals surface area contributed by atoms with Gasteiger partial charge in [-0.3, -0.25) is 4.79 Å². The highest BCUT2D eigenvalue weighted by atomic mass is 19.1. The van der Waals surface area contributed by atoms with Crippen LogP contribution in [0.3, 0.4) is 0 Å². The number of benzene rings is 1. The molecule has 0 aromatic heterocycles. The number of rotatable bonds is 5. The summed E-state index contributed by atoms with van der Waals surface area (Å²) in [5.74, 6) is -1.04. The number of carboxylic acid groups (broad SMARTS) is 1. The number of carbonyl (C=O) groups is 1. The van der Waals surface area contributed by atoms with E-state index in [1.807, 2.05) is 0 Å². The van der Waals surface area contributed by atoms with Crippen molar-refractivity contribution in [3.8, 4) is 5.75 Å². The summed E-state index contributed by atoms with van der Waals surface area (Å²) in [6, 6.07) is 6.15. The van der Waals surface area contributed by atoms with Crippen LogP contribution in [0.1, 0.15) is 19.3 Å². The van der Waals surface area contributed by atoms with Crippen molar-refractivity contribution in [2.45, 2.75) is 19.3 Å². The van der Waals surface area contributed by atoms with Crippen LogP contribution in [0.4, 0.5) is 4.39 Å². The summed E-state index contributed by atoms with van der Waals surface area (Å²) in [5, 5.41) is 8.71. The summed E-state index contributed by atoms with van der Waals surface area (Å²) >= 11 is 0. The minimum atomic E-state index is -0.824. The topological polar surface area (TPSA) is 46.5 Å². The lowest BCUT2D eigenvalue weighted by molar-refractivity contribution is -0.138. The quantitative estimate of drug-likeness (QED) is 0.835. The highest BCUT2D eigenvalue weighted by Crippen LogP contribution is 2.49. The van der Waals surface area contributed by atoms with E-state index in [0.717, 1.165) is 12.8 Å². The van der Waals surface area contributed by atoms with Gasteiger partial charge in [0.05, 0.1) is 13.0 Å². The second kappa shape index (κ2) is 4.12. The van der Waals surface area contributed by atoms with Crippen molar-refractivity contribution >= 4 is 5.97 Å². The molecule has 0 saturated heterocycles. The Morgan fingerprint density at radius 3 is 2.69 bits per heavy atom. The third kappa shape index (κ3) is 2.51. The number of carboxylic acids is 1. The van der Waals surface area contributed by atoms with Gasteiger partial charge in [0, 0.05) is 5.41 Å². The Balaban J connectivity index is 1.93. The zero-order chi connectivity index (χ0) is 11.6. The van der Waals surface area contributed by atoms with Crippen LogP contribution in [-0.4, -0.2) is 17.7 Å². The Morgan fingerprint density at radius 1 is 1.44 bits per heavy atom. The van der Waals surface area contributed by atoms with Crippen LogP contribution in [0.25, 0.3) is 0 Å². The van der Waals surface area contributed by atoms with Gasteiger partial charge < -0.3 is 9.84 Å². The maximum Gasteiger partial charge on any atom is 0.304 e. The van der Waals surface area contributed by atoms with Gasteiger partial charge in [0.1, 0.15) is 0 Å². The summed E-state index contributed by atoms with van der Waals surface area (Å²) < 4.78 is 18.5. The third-order valence-corrected chi connectivity index (χ3v) is 2.85. The van der Waals surface area contributed by atoms with Gasteiger partial charge in [-0.05, 0) is 25.0 Å². The van der Waals surface area contributed by atoms with Crippen molar-refractivity contribution in [1.29, 1.82) is 0 Å². The fourth-order valence-corrected chi connectivity index (χ4v) is 1.66. The Kier molecular flexibility index (Phi) is 2.81. The molecular weight excluding hydrogens is 211 g/mol. The summed E-state index contributed by atoms with van der Waals surface area (Å²) in [5.41, 5.74) is -0.270. The SMILES string of the molecule is O=C(O)CC1(COc2ccccc2F)CC1. The van der Waals surface area contributed by atoms with Crippen molar-refractivity contribution in [1.82, 2.24) is 0 Å². The van der Waals surface area contributed by atoms with Gasteiger partial charge in [0.15, 0.2) is 11.6 Å². The number of hydrogen-bond acceptors (Lipinski definition) is 2. The van der Waals surface area contributed by atoms with E-state index in [0.29, 0.717) is 0 Å². The molecule has 1 aliphatic rings. The molecule has 0 radical (unpaired) electrons. The largest absolute Gasteiger partial charge is 0.490 e. The first-order valence-electron chi connectivity index (χ1n) is 5.20. The number of hydrogen-bond donors (Lipinski definition) is 1. The van der Waals surface area contributed by atoms with E-state index in [9.17, 15) is 9.18 Å². The molecule has 1 saturated carbocycles. The van der Waals surface area contributed by atoms with Crippen molar-refractivity contribution in [3.05, 3.63) is 30.1 Å². The van der Waals surface area contributed by atoms with E-state index in [1.54, 1.807) is 18.2 Å². The van der Waals surface area contributed by atoms with E-state index in [4.69, 9.17) is 9.84 Å². The molecule has 1 N–H and O–H groups in total. The molecule has 16 heavy (non-hydrogen) atoms. The maximum absolute atomic E-state index is 13.2. The average molecular weight is 224 g/mol. The fourth-order valence-electron chi connectivity index (χ4n) is 1.66. The lowest BCUT2D eigenvalue weighted by Gasteiger charge is -2.14. The zero-order valence-electron chi connectivity index (χ0n) is 8.78. The van der Waals surface area contributed by atoms with Gasteiger partial charge in [-0.15, -0.1) is 0 Å². The summed E-state index contributed by atoms with van der Waals surface area (Å²) in [6.45, 7) is 0.278. The minimum Gasteiger partial charge on any atom is -0.490 e. The molecule has 0 unspecified atom stereocenters. The third-order valence-electron chi connectivity index (χ3n) is 2.85. The van der Waals surface area contributed by atoms with Crippen LogP contribution >= 0.6 is 0 Å². The van der Waals surface area contributed by atoms with Crippen LogP contribution in [0.5, 0.6) is 5.75 Å². The average Bonchev–Trinajstić information content (AvgIpc) is 2.96. The standard InChI is InChI=1S/C12H13FO3/c13-9-3-1-2-4-10(9)16-8-12(5-6-12)7-11(14)15/h1-4H,5-8H2,(H,14,15). The second-order valence-corrected chi connectivity index (χ2v) is 4.29. The van der Waals surface area contributed by atoms with Crippen LogP contribution < -0.4 is 4.74 Å². The first kappa shape index (κ1) is 10.9. The molecular formula is C12H13FO3. The first-order valence-corrected chi connectivity index (χ1v) is 5.20. The van der Waals surface area contributed by atoms with Crippen LogP contribution in [0.2, 0.25) is 0 Å². The molecule has 0 heterocycles. The Labute approximate surface area is 92.9 Å². The molecule has 3 nitrogen and oxygen atoms in total. The molecule has 1 aromatic rings. The van der Waals surface area contributed by atoms with Crippen LogP contribution in [0, 0.1) is 11.2 Å². The lowest BCUT2D eigenvalue weighted by atomic mass is 10.0. The van der Waals surface area contributed by atoms with Crippen molar-refractivity contribution in [3.63, 3.8) is 0 Å². The molecule has 0 bridgehead atoms. The maximum atomic E-state index is 13.2. The van der Waals surface area contributed by atoms with Crippen molar-refractivity contribution in [2.24, 2.45) is 5.41 Å². The normalized spacial score (nSPS) is 16.8. The predicted octanol–water partition coefficient (Wildman–Crippen LogP) is 2.46. The van der Waals surface area contributed by atoms with Crippen molar-refractivity contribution in [2.75, 3.05) is 6.61 Å². The van der Waals surface area contributed by atoms with E-state index in [2.05, 4.69) is 0 Å². The number of aliphatic carboxylic acids is 1. The lowest BCUT2D eigenvalue weighted by Crippen LogP contribution is -2.17. The summed E-state index contributed by atoms with van der Waals surface area (Å²) in [7, 11) is 0. The summed E-state index contributed by atoms with van der Waals surface area (Å²) in [4.78, 5) is 10.6. The molecule has 0 aliphatic heterocycles. The van der Waals surface area contributed by atoms with Gasteiger partial charge in [-0.2, -0.15) is 0 Å². The second-order valence-electron chi connectivity index (χ2n) is 4.29. The minimum absolute atomic E-state index is 0.0987. The van der Waals surface area contributed by atoms with Gasteiger partial charge in [0.2, 0.25) is 0 Å². The van der Waals surface area contributed by atoms with E-state index in [1.165, 1.54) is 6.07 Å². The fraction of sp³-hybridized carbons (Fsp3) is 0.417. The number of ether oxygens (including phenoxy) is 1. The number of halogens is 1. The van der Waals surface area contributed by atoms with Crippen molar-refractivity contribution < 1.29 is 19.0 Å².